The van der Waals surface area contributed by atoms with E-state index in [2.05, 4.69) is 31.0 Å². The molecule has 3 aromatic carbocycles. The van der Waals surface area contributed by atoms with Crippen molar-refractivity contribution in [2.45, 2.75) is 26.8 Å². The molecular formula is C34H31Cl2N5O2. The molecule has 0 aliphatic carbocycles. The smallest absolute Gasteiger partial charge is 0.266 e. The molecule has 0 bridgehead atoms. The molecule has 6 rings (SSSR count). The van der Waals surface area contributed by atoms with Crippen LogP contribution in [0, 0.1) is 13.8 Å². The number of carbonyl (C=O) groups excluding carboxylic acids is 2. The Morgan fingerprint density at radius 2 is 1.77 bits per heavy atom. The van der Waals surface area contributed by atoms with Crippen LogP contribution in [-0.2, 0) is 13.0 Å². The topological polar surface area (TPSA) is 71.3 Å². The van der Waals surface area contributed by atoms with Crippen molar-refractivity contribution in [3.05, 3.63) is 104 Å². The van der Waals surface area contributed by atoms with Gasteiger partial charge in [0.25, 0.3) is 11.8 Å². The quantitative estimate of drug-likeness (QED) is 0.216. The molecule has 9 heteroatoms. The highest BCUT2D eigenvalue weighted by atomic mass is 35.5. The second-order valence-electron chi connectivity index (χ2n) is 11.1. The predicted molar refractivity (Wildman–Crippen MR) is 172 cm³/mol. The van der Waals surface area contributed by atoms with Gasteiger partial charge in [-0.1, -0.05) is 41.4 Å². The van der Waals surface area contributed by atoms with Crippen molar-refractivity contribution in [2.75, 3.05) is 27.6 Å². The molecule has 3 heterocycles. The van der Waals surface area contributed by atoms with Crippen LogP contribution in [-0.4, -0.2) is 63.8 Å². The molecule has 5 aromatic rings. The Morgan fingerprint density at radius 1 is 1.02 bits per heavy atom. The van der Waals surface area contributed by atoms with E-state index in [1.54, 1.807) is 55.7 Å². The minimum atomic E-state index is -2.58. The van der Waals surface area contributed by atoms with Crippen LogP contribution in [0.25, 0.3) is 33.5 Å². The zero-order valence-electron chi connectivity index (χ0n) is 27.2. The summed E-state index contributed by atoms with van der Waals surface area (Å²) >= 11 is 12.9. The summed E-state index contributed by atoms with van der Waals surface area (Å²) in [5.74, 6) is -1.09. The molecule has 1 amide bonds. The number of likely N-dealkylation sites (N-methyl/N-ethyl adjacent to an activating group) is 1. The van der Waals surface area contributed by atoms with Gasteiger partial charge in [0, 0.05) is 54.1 Å². The maximum Gasteiger partial charge on any atom is 0.266 e. The van der Waals surface area contributed by atoms with Crippen molar-refractivity contribution in [3.63, 3.8) is 0 Å². The van der Waals surface area contributed by atoms with Crippen LogP contribution < -0.4 is 0 Å². The molecule has 2 aromatic heterocycles. The third-order valence-electron chi connectivity index (χ3n) is 8.01. The van der Waals surface area contributed by atoms with Gasteiger partial charge < -0.3 is 9.80 Å². The fourth-order valence-electron chi connectivity index (χ4n) is 5.72. The van der Waals surface area contributed by atoms with Crippen LogP contribution in [0.2, 0.25) is 10.0 Å². The average Bonchev–Trinajstić information content (AvgIpc) is 3.39. The van der Waals surface area contributed by atoms with E-state index in [1.165, 1.54) is 28.3 Å². The standard InChI is InChI=1S/C34H31Cl2N5O2/c1-19-13-21(9-10-24(19)33(42)39(3)4)26-18-41(34(43)30-27(35)7-6-8-28(30)36)32-31(26)38-29(16-37-32)23-14-20(2)25-17-40(5)12-11-22(25)15-23/h6-10,13-16,18H,11-12,17H2,1-5H3/i3D3. The summed E-state index contributed by atoms with van der Waals surface area (Å²) in [4.78, 5) is 39.8. The van der Waals surface area contributed by atoms with Gasteiger partial charge in [-0.05, 0) is 85.5 Å². The molecule has 0 saturated carbocycles. The molecule has 0 saturated heterocycles. The Kier molecular flexibility index (Phi) is 6.65. The van der Waals surface area contributed by atoms with Crippen molar-refractivity contribution in [3.8, 4) is 22.4 Å². The summed E-state index contributed by atoms with van der Waals surface area (Å²) < 4.78 is 24.3. The maximum atomic E-state index is 13.9. The van der Waals surface area contributed by atoms with Gasteiger partial charge in [0.1, 0.15) is 5.52 Å². The minimum absolute atomic E-state index is 0.139. The summed E-state index contributed by atoms with van der Waals surface area (Å²) in [6, 6.07) is 14.2. The van der Waals surface area contributed by atoms with E-state index in [0.717, 1.165) is 30.0 Å². The summed E-state index contributed by atoms with van der Waals surface area (Å²) in [5, 5.41) is 0.412. The van der Waals surface area contributed by atoms with Crippen molar-refractivity contribution in [1.82, 2.24) is 24.3 Å². The van der Waals surface area contributed by atoms with E-state index in [4.69, 9.17) is 37.3 Å². The highest BCUT2D eigenvalue weighted by Crippen LogP contribution is 2.35. The lowest BCUT2D eigenvalue weighted by atomic mass is 9.92. The van der Waals surface area contributed by atoms with Crippen LogP contribution in [0.3, 0.4) is 0 Å². The van der Waals surface area contributed by atoms with Crippen LogP contribution in [0.1, 0.15) is 47.1 Å². The van der Waals surface area contributed by atoms with Gasteiger partial charge in [-0.25, -0.2) is 9.97 Å². The Balaban J connectivity index is 1.52. The van der Waals surface area contributed by atoms with Crippen LogP contribution >= 0.6 is 23.2 Å². The van der Waals surface area contributed by atoms with Crippen molar-refractivity contribution in [2.24, 2.45) is 0 Å². The number of aromatic nitrogens is 3. The van der Waals surface area contributed by atoms with Gasteiger partial charge in [0.15, 0.2) is 5.65 Å². The molecule has 0 spiro atoms. The molecule has 0 atom stereocenters. The van der Waals surface area contributed by atoms with Gasteiger partial charge >= 0.3 is 0 Å². The fourth-order valence-corrected chi connectivity index (χ4v) is 6.28. The predicted octanol–water partition coefficient (Wildman–Crippen LogP) is 7.07. The number of nitrogens with zero attached hydrogens (tertiary/aromatic N) is 5. The summed E-state index contributed by atoms with van der Waals surface area (Å²) in [7, 11) is 3.37. The van der Waals surface area contributed by atoms with Crippen LogP contribution in [0.15, 0.2) is 60.9 Å². The number of rotatable bonds is 4. The van der Waals surface area contributed by atoms with E-state index in [0.29, 0.717) is 33.5 Å². The number of fused-ring (bicyclic) bond motifs is 2. The molecule has 0 N–H and O–H groups in total. The second-order valence-corrected chi connectivity index (χ2v) is 11.9. The van der Waals surface area contributed by atoms with Crippen molar-refractivity contribution in [1.29, 1.82) is 0 Å². The molecule has 1 aliphatic rings. The normalized spacial score (nSPS) is 14.6. The highest BCUT2D eigenvalue weighted by molar-refractivity contribution is 6.40. The third-order valence-corrected chi connectivity index (χ3v) is 8.64. The van der Waals surface area contributed by atoms with Crippen molar-refractivity contribution < 1.29 is 13.7 Å². The van der Waals surface area contributed by atoms with Gasteiger partial charge in [-0.2, -0.15) is 0 Å². The monoisotopic (exact) mass is 614 g/mol. The Labute approximate surface area is 264 Å². The molecule has 7 nitrogen and oxygen atoms in total. The van der Waals surface area contributed by atoms with E-state index < -0.39 is 18.8 Å². The van der Waals surface area contributed by atoms with Gasteiger partial charge in [0.2, 0.25) is 0 Å². The Bertz CT molecular complexity index is 2040. The zero-order valence-corrected chi connectivity index (χ0v) is 25.7. The van der Waals surface area contributed by atoms with Crippen molar-refractivity contribution >= 4 is 46.2 Å². The maximum absolute atomic E-state index is 13.9. The number of benzene rings is 3. The first-order valence-electron chi connectivity index (χ1n) is 15.3. The zero-order chi connectivity index (χ0) is 33.1. The van der Waals surface area contributed by atoms with E-state index in [-0.39, 0.29) is 21.2 Å². The fraction of sp³-hybridized carbons (Fsp3) is 0.235. The second kappa shape index (κ2) is 11.2. The van der Waals surface area contributed by atoms with Crippen LogP contribution in [0.5, 0.6) is 0 Å². The lowest BCUT2D eigenvalue weighted by molar-refractivity contribution is 0.0826. The molecule has 43 heavy (non-hydrogen) atoms. The lowest BCUT2D eigenvalue weighted by Gasteiger charge is -2.27. The molecule has 218 valence electrons. The first-order chi connectivity index (χ1) is 21.7. The Morgan fingerprint density at radius 3 is 2.49 bits per heavy atom. The minimum Gasteiger partial charge on any atom is -0.345 e. The summed E-state index contributed by atoms with van der Waals surface area (Å²) in [5.41, 5.74) is 8.41. The molecule has 1 aliphatic heterocycles. The number of hydrogen-bond donors (Lipinski definition) is 0. The van der Waals surface area contributed by atoms with Gasteiger partial charge in [-0.3, -0.25) is 14.2 Å². The van der Waals surface area contributed by atoms with E-state index in [9.17, 15) is 9.59 Å². The molecular weight excluding hydrogens is 581 g/mol. The number of aryl methyl sites for hydroxylation is 2. The van der Waals surface area contributed by atoms with Gasteiger partial charge in [0.05, 0.1) is 27.5 Å². The van der Waals surface area contributed by atoms with E-state index >= 15 is 0 Å². The molecule has 0 fully saturated rings. The van der Waals surface area contributed by atoms with E-state index in [1.807, 2.05) is 0 Å². The molecule has 0 radical (unpaired) electrons. The lowest BCUT2D eigenvalue weighted by Crippen LogP contribution is -2.27. The number of hydrogen-bond acceptors (Lipinski definition) is 5. The third kappa shape index (κ3) is 5.22. The molecule has 0 unspecified atom stereocenters. The largest absolute Gasteiger partial charge is 0.345 e. The average molecular weight is 616 g/mol. The highest BCUT2D eigenvalue weighted by Gasteiger charge is 2.24. The SMILES string of the molecule is [2H]C([2H])([2H])N(C)C(=O)c1ccc(-c2cn(C(=O)c3c(Cl)cccc3Cl)c3ncc(-c4cc(C)c5c(c4)CCN(C)C5)nc23)cc1C. The number of halogens is 2. The van der Waals surface area contributed by atoms with Crippen LogP contribution in [0.4, 0.5) is 0 Å². The number of carbonyl (C=O) groups is 2. The summed E-state index contributed by atoms with van der Waals surface area (Å²) in [6.45, 7) is 3.14. The van der Waals surface area contributed by atoms with Gasteiger partial charge in [-0.15, -0.1) is 0 Å². The Hall–Kier alpha value is -4.04. The first-order valence-corrected chi connectivity index (χ1v) is 14.6. The first kappa shape index (κ1) is 25.5. The summed E-state index contributed by atoms with van der Waals surface area (Å²) in [6.07, 6.45) is 4.25. The number of amides is 1.